The van der Waals surface area contributed by atoms with Crippen molar-refractivity contribution in [3.63, 3.8) is 0 Å². The molecule has 0 aliphatic heterocycles. The predicted molar refractivity (Wildman–Crippen MR) is 34.0 cm³/mol. The lowest BCUT2D eigenvalue weighted by Gasteiger charge is -1.95. The maximum absolute atomic E-state index is 10.3. The first-order chi connectivity index (χ1) is 4.16. The average Bonchev–Trinajstić information content (AvgIpc) is 1.83. The van der Waals surface area contributed by atoms with Crippen molar-refractivity contribution in [2.45, 2.75) is 6.92 Å². The molecule has 0 aromatic heterocycles. The van der Waals surface area contributed by atoms with Gasteiger partial charge in [0.25, 0.3) is 0 Å². The van der Waals surface area contributed by atoms with Crippen LogP contribution in [0.2, 0.25) is 0 Å². The van der Waals surface area contributed by atoms with Crippen molar-refractivity contribution >= 4 is 19.1 Å². The fourth-order valence-electron chi connectivity index (χ4n) is 0.239. The Morgan fingerprint density at radius 2 is 2.00 bits per heavy atom. The van der Waals surface area contributed by atoms with Crippen molar-refractivity contribution in [1.82, 2.24) is 10.5 Å². The molecule has 4 nitrogen and oxygen atoms in total. The monoisotopic (exact) mass is 127 g/mol. The number of amides is 2. The van der Waals surface area contributed by atoms with Gasteiger partial charge in [0.2, 0.25) is 5.91 Å². The largest absolute Gasteiger partial charge is 0.394 e. The summed E-state index contributed by atoms with van der Waals surface area (Å²) in [5, 5.41) is 4.53. The van der Waals surface area contributed by atoms with E-state index in [4.69, 9.17) is 0 Å². The van der Waals surface area contributed by atoms with Crippen LogP contribution in [0.25, 0.3) is 0 Å². The highest BCUT2D eigenvalue weighted by Gasteiger charge is 2.00. The van der Waals surface area contributed by atoms with Gasteiger partial charge in [0.05, 0.1) is 0 Å². The molecule has 0 rings (SSSR count). The molecule has 0 atom stereocenters. The zero-order valence-electron chi connectivity index (χ0n) is 5.39. The van der Waals surface area contributed by atoms with E-state index in [1.165, 1.54) is 14.0 Å². The van der Waals surface area contributed by atoms with E-state index in [0.29, 0.717) is 0 Å². The maximum Gasteiger partial charge on any atom is 0.364 e. The maximum atomic E-state index is 10.3. The zero-order valence-corrected chi connectivity index (χ0v) is 5.39. The molecule has 2 N–H and O–H groups in total. The summed E-state index contributed by atoms with van der Waals surface area (Å²) in [4.78, 5) is 20.5. The van der Waals surface area contributed by atoms with Gasteiger partial charge >= 0.3 is 7.41 Å². The third kappa shape index (κ3) is 4.87. The molecule has 0 heterocycles. The molecule has 0 saturated heterocycles. The number of hydrogen-bond donors (Lipinski definition) is 2. The molecular weight excluding hydrogens is 119 g/mol. The van der Waals surface area contributed by atoms with Gasteiger partial charge in [-0.2, -0.15) is 0 Å². The Morgan fingerprint density at radius 3 is 2.33 bits per heavy atom. The highest BCUT2D eigenvalue weighted by atomic mass is 16.2. The van der Waals surface area contributed by atoms with Crippen molar-refractivity contribution in [2.24, 2.45) is 0 Å². The van der Waals surface area contributed by atoms with E-state index < -0.39 is 0 Å². The van der Waals surface area contributed by atoms with Gasteiger partial charge in [-0.25, -0.2) is 0 Å². The van der Waals surface area contributed by atoms with Gasteiger partial charge in [-0.1, -0.05) is 0 Å². The van der Waals surface area contributed by atoms with Gasteiger partial charge in [0.15, 0.2) is 5.81 Å². The third-order valence-corrected chi connectivity index (χ3v) is 0.653. The molecule has 5 heteroatoms. The Labute approximate surface area is 54.3 Å². The SMILES string of the molecule is CNC(=O)[B]NC(C)=O. The van der Waals surface area contributed by atoms with Gasteiger partial charge < -0.3 is 10.5 Å². The molecular formula is C4H8BN2O2. The van der Waals surface area contributed by atoms with Crippen molar-refractivity contribution < 1.29 is 9.59 Å². The first-order valence-electron chi connectivity index (χ1n) is 2.49. The molecule has 0 fully saturated rings. The van der Waals surface area contributed by atoms with E-state index in [1.807, 2.05) is 0 Å². The second-order valence-electron chi connectivity index (χ2n) is 1.46. The van der Waals surface area contributed by atoms with Crippen LogP contribution in [0.1, 0.15) is 6.92 Å². The van der Waals surface area contributed by atoms with Crippen LogP contribution in [0, 0.1) is 0 Å². The topological polar surface area (TPSA) is 58.2 Å². The first-order valence-corrected chi connectivity index (χ1v) is 2.49. The molecule has 0 aliphatic carbocycles. The van der Waals surface area contributed by atoms with Gasteiger partial charge in [-0.3, -0.25) is 9.59 Å². The molecule has 0 bridgehead atoms. The smallest absolute Gasteiger partial charge is 0.364 e. The summed E-state index contributed by atoms with van der Waals surface area (Å²) in [6.07, 6.45) is 0. The Balaban J connectivity index is 3.28. The van der Waals surface area contributed by atoms with Crippen molar-refractivity contribution in [3.8, 4) is 0 Å². The summed E-state index contributed by atoms with van der Waals surface area (Å²) < 4.78 is 0. The minimum absolute atomic E-state index is 0.251. The Bertz CT molecular complexity index is 126. The van der Waals surface area contributed by atoms with E-state index in [9.17, 15) is 9.59 Å². The summed E-state index contributed by atoms with van der Waals surface area (Å²) in [5.41, 5.74) is 0. The second-order valence-corrected chi connectivity index (χ2v) is 1.46. The number of rotatable bonds is 2. The fourth-order valence-corrected chi connectivity index (χ4v) is 0.239. The number of hydrogen-bond acceptors (Lipinski definition) is 2. The molecule has 0 aromatic rings. The van der Waals surface area contributed by atoms with Gasteiger partial charge in [0, 0.05) is 14.0 Å². The van der Waals surface area contributed by atoms with E-state index >= 15 is 0 Å². The molecule has 0 aromatic carbocycles. The van der Waals surface area contributed by atoms with Crippen molar-refractivity contribution in [3.05, 3.63) is 0 Å². The normalized spacial score (nSPS) is 7.78. The summed E-state index contributed by atoms with van der Waals surface area (Å²) in [6.45, 7) is 1.33. The van der Waals surface area contributed by atoms with Crippen LogP contribution in [0.5, 0.6) is 0 Å². The van der Waals surface area contributed by atoms with E-state index in [2.05, 4.69) is 10.5 Å². The number of carbonyl (C=O) groups is 2. The van der Waals surface area contributed by atoms with Crippen LogP contribution in [0.3, 0.4) is 0 Å². The summed E-state index contributed by atoms with van der Waals surface area (Å²) >= 11 is 0. The highest BCUT2D eigenvalue weighted by molar-refractivity contribution is 6.73. The molecule has 0 saturated carbocycles. The van der Waals surface area contributed by atoms with Crippen LogP contribution >= 0.6 is 0 Å². The minimum Gasteiger partial charge on any atom is -0.394 e. The van der Waals surface area contributed by atoms with Gasteiger partial charge in [-0.05, 0) is 0 Å². The number of carbonyl (C=O) groups excluding carboxylic acids is 2. The van der Waals surface area contributed by atoms with Crippen molar-refractivity contribution in [2.75, 3.05) is 7.05 Å². The summed E-state index contributed by atoms with van der Waals surface area (Å²) in [7, 11) is 2.56. The van der Waals surface area contributed by atoms with Gasteiger partial charge in [-0.15, -0.1) is 0 Å². The average molecular weight is 127 g/mol. The Hall–Kier alpha value is -0.995. The lowest BCUT2D eigenvalue weighted by molar-refractivity contribution is -0.117. The van der Waals surface area contributed by atoms with Crippen LogP contribution < -0.4 is 10.5 Å². The molecule has 49 valence electrons. The molecule has 0 unspecified atom stereocenters. The lowest BCUT2D eigenvalue weighted by Crippen LogP contribution is -2.36. The summed E-state index contributed by atoms with van der Waals surface area (Å²) in [5.74, 6) is -0.566. The van der Waals surface area contributed by atoms with Crippen molar-refractivity contribution in [1.29, 1.82) is 0 Å². The Kier molecular flexibility index (Phi) is 3.51. The minimum atomic E-state index is -0.315. The molecule has 9 heavy (non-hydrogen) atoms. The van der Waals surface area contributed by atoms with Crippen LogP contribution in [0.4, 0.5) is 4.79 Å². The first kappa shape index (κ1) is 8.00. The molecule has 2 amide bonds. The zero-order chi connectivity index (χ0) is 7.28. The Morgan fingerprint density at radius 1 is 1.44 bits per heavy atom. The fraction of sp³-hybridized carbons (Fsp3) is 0.500. The molecule has 1 radical (unpaired) electrons. The van der Waals surface area contributed by atoms with E-state index in [0.717, 1.165) is 7.41 Å². The standard InChI is InChI=1S/C4H8BN2O2/c1-3(8)7-5-4(9)6-2/h1-2H3,(H,6,9)(H,7,8). The quantitative estimate of drug-likeness (QED) is 0.471. The van der Waals surface area contributed by atoms with Gasteiger partial charge in [0.1, 0.15) is 0 Å². The molecule has 0 aliphatic rings. The van der Waals surface area contributed by atoms with Crippen LogP contribution in [-0.2, 0) is 4.79 Å². The van der Waals surface area contributed by atoms with E-state index in [-0.39, 0.29) is 11.7 Å². The summed E-state index contributed by atoms with van der Waals surface area (Å²) in [6, 6.07) is 0. The van der Waals surface area contributed by atoms with Crippen LogP contribution in [0.15, 0.2) is 0 Å². The van der Waals surface area contributed by atoms with E-state index in [1.54, 1.807) is 0 Å². The predicted octanol–water partition coefficient (Wildman–Crippen LogP) is -0.919. The lowest BCUT2D eigenvalue weighted by atomic mass is 9.94. The third-order valence-electron chi connectivity index (χ3n) is 0.653. The molecule has 0 spiro atoms. The van der Waals surface area contributed by atoms with Crippen LogP contribution in [-0.4, -0.2) is 26.2 Å². The number of nitrogens with one attached hydrogen (secondary N) is 2. The highest BCUT2D eigenvalue weighted by Crippen LogP contribution is 1.61. The second kappa shape index (κ2) is 3.94.